The number of hydrogen-bond donors (Lipinski definition) is 1. The number of terminal acetylenes is 1. The Kier molecular flexibility index (Phi) is 8.69. The second-order valence-corrected chi connectivity index (χ2v) is 12.1. The maximum absolute atomic E-state index is 15.0. The summed E-state index contributed by atoms with van der Waals surface area (Å²) in [5.41, 5.74) is 0.390. The van der Waals surface area contributed by atoms with Crippen LogP contribution in [0.5, 0.6) is 0 Å². The Balaban J connectivity index is 1.41. The van der Waals surface area contributed by atoms with Gasteiger partial charge in [0.2, 0.25) is 19.2 Å². The second-order valence-electron chi connectivity index (χ2n) is 9.98. The molecule has 3 aliphatic rings. The number of carbonyl (C=O) groups excluding carboxylic acids is 2. The first-order valence-electron chi connectivity index (χ1n) is 12.8. The third-order valence-electron chi connectivity index (χ3n) is 6.62. The average Bonchev–Trinajstić information content (AvgIpc) is 3.35. The Morgan fingerprint density at radius 3 is 2.34 bits per heavy atom. The Bertz CT molecular complexity index is 1490. The number of aromatic nitrogens is 4. The number of halogens is 1. The first-order valence-corrected chi connectivity index (χ1v) is 14.9. The summed E-state index contributed by atoms with van der Waals surface area (Å²) in [5.74, 6) is 2.53. The molecule has 1 spiro atoms. The summed E-state index contributed by atoms with van der Waals surface area (Å²) in [6, 6.07) is 0. The van der Waals surface area contributed by atoms with E-state index in [1.165, 1.54) is 17.2 Å². The molecule has 2 saturated heterocycles. The largest absolute Gasteiger partial charge is 0.510 e. The lowest BCUT2D eigenvalue weighted by molar-refractivity contribution is -0.120. The van der Waals surface area contributed by atoms with E-state index in [0.29, 0.717) is 12.3 Å². The van der Waals surface area contributed by atoms with E-state index >= 15 is 4.39 Å². The van der Waals surface area contributed by atoms with Crippen molar-refractivity contribution >= 4 is 49.4 Å². The van der Waals surface area contributed by atoms with E-state index in [1.54, 1.807) is 27.7 Å². The normalized spacial score (nSPS) is 28.9. The molecule has 21 heteroatoms. The van der Waals surface area contributed by atoms with E-state index in [2.05, 4.69) is 20.9 Å². The Morgan fingerprint density at radius 1 is 1.14 bits per heavy atom. The summed E-state index contributed by atoms with van der Waals surface area (Å²) < 4.78 is 82.7. The first kappa shape index (κ1) is 32.1. The number of anilines is 1. The molecule has 5 rings (SSSR count). The highest BCUT2D eigenvalue weighted by Crippen LogP contribution is 2.78. The van der Waals surface area contributed by atoms with E-state index < -0.39 is 81.7 Å². The molecule has 2 aromatic rings. The molecule has 1 unspecified atom stereocenters. The molecule has 1 saturated carbocycles. The molecule has 2 aromatic heterocycles. The lowest BCUT2D eigenvalue weighted by Gasteiger charge is -2.31. The van der Waals surface area contributed by atoms with Gasteiger partial charge in [-0.15, -0.1) is 6.42 Å². The Morgan fingerprint density at radius 2 is 1.77 bits per heavy atom. The Hall–Kier alpha value is -3.28. The van der Waals surface area contributed by atoms with Gasteiger partial charge in [-0.05, 0) is 27.7 Å². The van der Waals surface area contributed by atoms with Gasteiger partial charge in [0, 0.05) is 0 Å². The predicted molar refractivity (Wildman–Crippen MR) is 142 cm³/mol. The number of alkyl halides is 1. The van der Waals surface area contributed by atoms with Crippen LogP contribution in [-0.4, -0.2) is 87.2 Å². The average molecular weight is 664 g/mol. The fourth-order valence-corrected chi connectivity index (χ4v) is 6.78. The van der Waals surface area contributed by atoms with Crippen LogP contribution in [0.25, 0.3) is 11.2 Å². The van der Waals surface area contributed by atoms with Gasteiger partial charge in [-0.2, -0.15) is 0 Å². The third-order valence-corrected chi connectivity index (χ3v) is 8.59. The van der Waals surface area contributed by atoms with Gasteiger partial charge in [0.25, 0.3) is 0 Å². The summed E-state index contributed by atoms with van der Waals surface area (Å²) in [4.78, 5) is 35.8. The number of nitrogen functional groups attached to an aromatic ring is 1. The van der Waals surface area contributed by atoms with Crippen molar-refractivity contribution in [1.82, 2.24) is 19.5 Å². The van der Waals surface area contributed by atoms with E-state index in [1.807, 2.05) is 0 Å². The van der Waals surface area contributed by atoms with Crippen molar-refractivity contribution in [2.45, 2.75) is 69.0 Å². The van der Waals surface area contributed by atoms with Gasteiger partial charge >= 0.3 is 20.1 Å². The van der Waals surface area contributed by atoms with Crippen molar-refractivity contribution in [1.29, 1.82) is 0 Å². The number of carbonyl (C=O) groups is 2. The number of ether oxygens (including phenoxy) is 5. The molecule has 44 heavy (non-hydrogen) atoms. The molecule has 0 aromatic carbocycles. The zero-order valence-electron chi connectivity index (χ0n) is 23.6. The van der Waals surface area contributed by atoms with Crippen LogP contribution in [-0.2, 0) is 50.2 Å². The van der Waals surface area contributed by atoms with E-state index in [-0.39, 0.29) is 17.0 Å². The van der Waals surface area contributed by atoms with Crippen LogP contribution < -0.4 is 5.73 Å². The fraction of sp³-hybridized carbons (Fsp3) is 0.609. The second kappa shape index (κ2) is 11.9. The Labute approximate surface area is 253 Å². The maximum Gasteiger partial charge on any atom is 0.510 e. The molecule has 0 radical (unpaired) electrons. The lowest BCUT2D eigenvalue weighted by atomic mass is 9.92. The number of imidazole rings is 1. The molecule has 4 heterocycles. The highest BCUT2D eigenvalue weighted by Gasteiger charge is 2.99. The number of phosphoric ester groups is 1. The summed E-state index contributed by atoms with van der Waals surface area (Å²) in [6.45, 7) is 2.94. The molecule has 5 atom stereocenters. The van der Waals surface area contributed by atoms with Crippen LogP contribution in [0, 0.1) is 12.3 Å². The van der Waals surface area contributed by atoms with Crippen LogP contribution in [0.3, 0.4) is 0 Å². The minimum atomic E-state index is -4.91. The van der Waals surface area contributed by atoms with Gasteiger partial charge in [0.1, 0.15) is 24.6 Å². The highest BCUT2D eigenvalue weighted by molar-refractivity contribution is 7.90. The van der Waals surface area contributed by atoms with Gasteiger partial charge in [-0.25, -0.2) is 42.5 Å². The summed E-state index contributed by atoms with van der Waals surface area (Å²) in [5, 5.41) is 0. The first-order chi connectivity index (χ1) is 20.9. The molecule has 18 nitrogen and oxygen atoms in total. The van der Waals surface area contributed by atoms with Crippen molar-refractivity contribution in [2.75, 3.05) is 26.0 Å². The lowest BCUT2D eigenvalue weighted by Crippen LogP contribution is -2.48. The highest BCUT2D eigenvalue weighted by atomic mass is 32.2. The van der Waals surface area contributed by atoms with Gasteiger partial charge in [0.15, 0.2) is 41.2 Å². The topological polar surface area (TPSA) is 213 Å². The maximum atomic E-state index is 15.0. The fourth-order valence-electron chi connectivity index (χ4n) is 4.79. The molecule has 240 valence electrons. The zero-order valence-corrected chi connectivity index (χ0v) is 25.3. The third kappa shape index (κ3) is 5.12. The predicted octanol–water partition coefficient (Wildman–Crippen LogP) is 2.94. The standard InChI is InChI=1S/C23H27FN5O13PS/c1-6-21-18(29-9-28-14-15(25)26-8-27-16(14)29)39-22(7-24)17(23(21,22)42-44-41-21)40-43(32,35-10-33-19(30)37-12(2)3)36-11-34-20(31)38-13(4)5/h1,8-9,12-13,17-18H,7,10-11H2,2-5H3,(H2,25,26,27)/t17?,18-,21+,22-,23+/m1/s1. The van der Waals surface area contributed by atoms with Crippen LogP contribution in [0.1, 0.15) is 33.9 Å². The van der Waals surface area contributed by atoms with Crippen LogP contribution in [0.15, 0.2) is 12.7 Å². The minimum Gasteiger partial charge on any atom is -0.432 e. The van der Waals surface area contributed by atoms with Crippen molar-refractivity contribution in [3.8, 4) is 12.3 Å². The molecular weight excluding hydrogens is 636 g/mol. The monoisotopic (exact) mass is 663 g/mol. The van der Waals surface area contributed by atoms with E-state index in [4.69, 9.17) is 57.8 Å². The summed E-state index contributed by atoms with van der Waals surface area (Å²) in [6.07, 6.45) is 2.12. The van der Waals surface area contributed by atoms with Gasteiger partial charge in [-0.1, -0.05) is 5.92 Å². The SMILES string of the molecule is C#C[C@@]12OSO[C@@]13C(OP(=O)(OCOC(=O)OC(C)C)OCOC(=O)OC(C)C)[C@@]3(CF)O[C@H]2n1cnc2c(N)ncnc21. The van der Waals surface area contributed by atoms with Gasteiger partial charge in [-0.3, -0.25) is 17.5 Å². The number of nitrogens with zero attached hydrogens (tertiary/aromatic N) is 4. The van der Waals surface area contributed by atoms with Crippen molar-refractivity contribution in [3.63, 3.8) is 0 Å². The molecule has 2 N–H and O–H groups in total. The number of nitrogens with two attached hydrogens (primary N) is 1. The molecular formula is C23H27FN5O13PS. The quantitative estimate of drug-likeness (QED) is 0.114. The summed E-state index contributed by atoms with van der Waals surface area (Å²) >= 11 is 0.435. The zero-order chi connectivity index (χ0) is 31.9. The molecule has 3 fully saturated rings. The van der Waals surface area contributed by atoms with E-state index in [9.17, 15) is 14.2 Å². The van der Waals surface area contributed by atoms with Gasteiger partial charge in [0.05, 0.1) is 18.5 Å². The molecule has 0 bridgehead atoms. The van der Waals surface area contributed by atoms with Crippen LogP contribution in [0.4, 0.5) is 19.8 Å². The summed E-state index contributed by atoms with van der Waals surface area (Å²) in [7, 11) is -4.91. The van der Waals surface area contributed by atoms with Gasteiger partial charge < -0.3 is 29.4 Å². The van der Waals surface area contributed by atoms with Crippen LogP contribution in [0.2, 0.25) is 0 Å². The molecule has 1 aliphatic carbocycles. The molecule has 2 aliphatic heterocycles. The smallest absolute Gasteiger partial charge is 0.432 e. The number of hydrogen-bond acceptors (Lipinski definition) is 18. The van der Waals surface area contributed by atoms with Crippen LogP contribution >= 0.6 is 20.1 Å². The minimum absolute atomic E-state index is 0.0648. The van der Waals surface area contributed by atoms with E-state index in [0.717, 1.165) is 0 Å². The number of phosphoric acid groups is 1. The molecule has 0 amide bonds. The van der Waals surface area contributed by atoms with Crippen molar-refractivity contribution in [2.24, 2.45) is 0 Å². The van der Waals surface area contributed by atoms with Crippen molar-refractivity contribution < 1.29 is 64.2 Å². The van der Waals surface area contributed by atoms with Crippen molar-refractivity contribution in [3.05, 3.63) is 12.7 Å². The number of rotatable bonds is 12. The number of fused-ring (bicyclic) bond motifs is 1.